The second kappa shape index (κ2) is 10.2. The van der Waals surface area contributed by atoms with Gasteiger partial charge in [0.2, 0.25) is 0 Å². The number of nitrogens with zero attached hydrogens (tertiary/aromatic N) is 3. The predicted molar refractivity (Wildman–Crippen MR) is 117 cm³/mol. The van der Waals surface area contributed by atoms with Crippen LogP contribution in [0.1, 0.15) is 29.8 Å². The van der Waals surface area contributed by atoms with E-state index in [0.717, 1.165) is 11.3 Å². The Kier molecular flexibility index (Phi) is 7.16. The zero-order chi connectivity index (χ0) is 21.3. The maximum Gasteiger partial charge on any atom is 0.260 e. The molecule has 6 nitrogen and oxygen atoms in total. The fourth-order valence-electron chi connectivity index (χ4n) is 2.94. The highest BCUT2D eigenvalue weighted by Gasteiger charge is 2.10. The third kappa shape index (κ3) is 5.44. The van der Waals surface area contributed by atoms with E-state index in [9.17, 15) is 9.59 Å². The van der Waals surface area contributed by atoms with Gasteiger partial charge < -0.3 is 9.64 Å². The Morgan fingerprint density at radius 3 is 2.40 bits per heavy atom. The van der Waals surface area contributed by atoms with Crippen molar-refractivity contribution >= 4 is 17.8 Å². The summed E-state index contributed by atoms with van der Waals surface area (Å²) in [6, 6.07) is 16.6. The molecule has 0 aliphatic heterocycles. The third-order valence-corrected chi connectivity index (χ3v) is 4.67. The van der Waals surface area contributed by atoms with Crippen LogP contribution in [0.5, 0.6) is 5.75 Å². The summed E-state index contributed by atoms with van der Waals surface area (Å²) in [5.41, 5.74) is 2.34. The normalized spacial score (nSPS) is 10.9. The average Bonchev–Trinajstić information content (AvgIpc) is 3.27. The highest BCUT2D eigenvalue weighted by molar-refractivity contribution is 6.06. The smallest absolute Gasteiger partial charge is 0.260 e. The number of ether oxygens (including phenoxy) is 1. The third-order valence-electron chi connectivity index (χ3n) is 4.67. The van der Waals surface area contributed by atoms with Gasteiger partial charge in [0.25, 0.3) is 5.91 Å². The van der Waals surface area contributed by atoms with E-state index in [0.29, 0.717) is 24.4 Å². The second-order valence-corrected chi connectivity index (χ2v) is 6.63. The maximum absolute atomic E-state index is 12.4. The molecule has 0 fully saturated rings. The molecule has 6 heteroatoms. The van der Waals surface area contributed by atoms with Crippen LogP contribution in [-0.2, 0) is 4.79 Å². The first kappa shape index (κ1) is 21.0. The standard InChI is InChI=1S/C24H25N3O3/c1-3-26(4-2)24(29)18-30-22-13-11-20(12-14-22)23(28)15-10-19-16-25-27(17-19)21-8-6-5-7-9-21/h5-17H,3-4,18H2,1-2H3/b15-10+. The van der Waals surface area contributed by atoms with E-state index >= 15 is 0 Å². The fraction of sp³-hybridized carbons (Fsp3) is 0.208. The van der Waals surface area contributed by atoms with Gasteiger partial charge in [-0.3, -0.25) is 9.59 Å². The van der Waals surface area contributed by atoms with Crippen LogP contribution in [-0.4, -0.2) is 46.1 Å². The van der Waals surface area contributed by atoms with Gasteiger partial charge in [-0.2, -0.15) is 5.10 Å². The highest BCUT2D eigenvalue weighted by Crippen LogP contribution is 2.14. The number of rotatable bonds is 9. The molecule has 0 atom stereocenters. The maximum atomic E-state index is 12.4. The minimum absolute atomic E-state index is 0.0136. The molecule has 3 rings (SSSR count). The van der Waals surface area contributed by atoms with Crippen LogP contribution >= 0.6 is 0 Å². The molecule has 0 saturated carbocycles. The Hall–Kier alpha value is -3.67. The Labute approximate surface area is 176 Å². The molecule has 3 aromatic rings. The summed E-state index contributed by atoms with van der Waals surface area (Å²) in [5.74, 6) is 0.382. The Morgan fingerprint density at radius 2 is 1.73 bits per heavy atom. The lowest BCUT2D eigenvalue weighted by Crippen LogP contribution is -2.34. The summed E-state index contributed by atoms with van der Waals surface area (Å²) in [6.45, 7) is 5.16. The molecular formula is C24H25N3O3. The number of hydrogen-bond donors (Lipinski definition) is 0. The molecule has 0 bridgehead atoms. The van der Waals surface area contributed by atoms with E-state index < -0.39 is 0 Å². The molecule has 30 heavy (non-hydrogen) atoms. The summed E-state index contributed by atoms with van der Waals surface area (Å²) in [4.78, 5) is 26.1. The zero-order valence-corrected chi connectivity index (χ0v) is 17.2. The predicted octanol–water partition coefficient (Wildman–Crippen LogP) is 4.02. The SMILES string of the molecule is CCN(CC)C(=O)COc1ccc(C(=O)/C=C/c2cnn(-c3ccccc3)c2)cc1. The van der Waals surface area contributed by atoms with E-state index in [-0.39, 0.29) is 18.3 Å². The molecule has 0 aliphatic carbocycles. The van der Waals surface area contributed by atoms with Crippen LogP contribution in [0.15, 0.2) is 73.1 Å². The van der Waals surface area contributed by atoms with Crippen LogP contribution in [0, 0.1) is 0 Å². The Bertz CT molecular complexity index is 1000. The van der Waals surface area contributed by atoms with Crippen LogP contribution in [0.2, 0.25) is 0 Å². The van der Waals surface area contributed by atoms with E-state index in [1.165, 1.54) is 6.08 Å². The van der Waals surface area contributed by atoms with Crippen LogP contribution < -0.4 is 4.74 Å². The summed E-state index contributed by atoms with van der Waals surface area (Å²) < 4.78 is 7.29. The van der Waals surface area contributed by atoms with Crippen molar-refractivity contribution in [3.63, 3.8) is 0 Å². The average molecular weight is 403 g/mol. The first-order valence-corrected chi connectivity index (χ1v) is 9.93. The van der Waals surface area contributed by atoms with E-state index in [2.05, 4.69) is 5.10 Å². The van der Waals surface area contributed by atoms with Crippen molar-refractivity contribution in [1.29, 1.82) is 0 Å². The molecule has 0 N–H and O–H groups in total. The molecule has 0 radical (unpaired) electrons. The lowest BCUT2D eigenvalue weighted by atomic mass is 10.1. The molecular weight excluding hydrogens is 378 g/mol. The number of amides is 1. The molecule has 1 amide bonds. The van der Waals surface area contributed by atoms with Crippen molar-refractivity contribution in [3.05, 3.63) is 84.2 Å². The topological polar surface area (TPSA) is 64.4 Å². The van der Waals surface area contributed by atoms with Crippen LogP contribution in [0.3, 0.4) is 0 Å². The second-order valence-electron chi connectivity index (χ2n) is 6.63. The van der Waals surface area contributed by atoms with Gasteiger partial charge >= 0.3 is 0 Å². The van der Waals surface area contributed by atoms with E-state index in [4.69, 9.17) is 4.74 Å². The number of ketones is 1. The summed E-state index contributed by atoms with van der Waals surface area (Å²) in [5, 5.41) is 4.31. The number of allylic oxidation sites excluding steroid dienone is 1. The molecule has 0 unspecified atom stereocenters. The number of aromatic nitrogens is 2. The minimum Gasteiger partial charge on any atom is -0.484 e. The molecule has 154 valence electrons. The van der Waals surface area contributed by atoms with Crippen molar-refractivity contribution in [3.8, 4) is 11.4 Å². The monoisotopic (exact) mass is 403 g/mol. The van der Waals surface area contributed by atoms with E-state index in [1.54, 1.807) is 46.1 Å². The van der Waals surface area contributed by atoms with Crippen molar-refractivity contribution in [1.82, 2.24) is 14.7 Å². The van der Waals surface area contributed by atoms with Crippen LogP contribution in [0.25, 0.3) is 11.8 Å². The van der Waals surface area contributed by atoms with Gasteiger partial charge in [-0.15, -0.1) is 0 Å². The van der Waals surface area contributed by atoms with Gasteiger partial charge in [-0.05, 0) is 62.4 Å². The number of hydrogen-bond acceptors (Lipinski definition) is 4. The zero-order valence-electron chi connectivity index (χ0n) is 17.2. The Morgan fingerprint density at radius 1 is 1.03 bits per heavy atom. The molecule has 1 aromatic heterocycles. The number of benzene rings is 2. The fourth-order valence-corrected chi connectivity index (χ4v) is 2.94. The van der Waals surface area contributed by atoms with Crippen molar-refractivity contribution in [2.24, 2.45) is 0 Å². The van der Waals surface area contributed by atoms with Gasteiger partial charge in [-0.25, -0.2) is 4.68 Å². The first-order valence-electron chi connectivity index (χ1n) is 9.93. The molecule has 0 aliphatic rings. The van der Waals surface area contributed by atoms with Gasteiger partial charge in [0.15, 0.2) is 12.4 Å². The van der Waals surface area contributed by atoms with Crippen LogP contribution in [0.4, 0.5) is 0 Å². The van der Waals surface area contributed by atoms with Crippen molar-refractivity contribution < 1.29 is 14.3 Å². The number of para-hydroxylation sites is 1. The summed E-state index contributed by atoms with van der Waals surface area (Å²) >= 11 is 0. The summed E-state index contributed by atoms with van der Waals surface area (Å²) in [7, 11) is 0. The van der Waals surface area contributed by atoms with Crippen molar-refractivity contribution in [2.45, 2.75) is 13.8 Å². The number of carbonyl (C=O) groups excluding carboxylic acids is 2. The summed E-state index contributed by atoms with van der Waals surface area (Å²) in [6.07, 6.45) is 6.83. The van der Waals surface area contributed by atoms with Gasteiger partial charge in [0, 0.05) is 30.4 Å². The van der Waals surface area contributed by atoms with E-state index in [1.807, 2.05) is 50.4 Å². The highest BCUT2D eigenvalue weighted by atomic mass is 16.5. The Balaban J connectivity index is 1.57. The van der Waals surface area contributed by atoms with Gasteiger partial charge in [0.1, 0.15) is 5.75 Å². The molecule has 0 spiro atoms. The molecule has 1 heterocycles. The van der Waals surface area contributed by atoms with Gasteiger partial charge in [-0.1, -0.05) is 18.2 Å². The molecule has 0 saturated heterocycles. The van der Waals surface area contributed by atoms with Gasteiger partial charge in [0.05, 0.1) is 11.9 Å². The van der Waals surface area contributed by atoms with Crippen molar-refractivity contribution in [2.75, 3.05) is 19.7 Å². The lowest BCUT2D eigenvalue weighted by molar-refractivity contribution is -0.132. The number of carbonyl (C=O) groups is 2. The lowest BCUT2D eigenvalue weighted by Gasteiger charge is -2.18. The number of likely N-dealkylation sites (N-methyl/N-ethyl adjacent to an activating group) is 1. The first-order chi connectivity index (χ1) is 14.6. The quantitative estimate of drug-likeness (QED) is 0.400. The minimum atomic E-state index is -0.117. The largest absolute Gasteiger partial charge is 0.484 e. The molecule has 2 aromatic carbocycles.